The zero-order valence-corrected chi connectivity index (χ0v) is 10.2. The number of carboxylic acid groups (broad SMARTS) is 1. The summed E-state index contributed by atoms with van der Waals surface area (Å²) in [5.41, 5.74) is 1.31. The van der Waals surface area contributed by atoms with Gasteiger partial charge in [0.1, 0.15) is 0 Å². The third kappa shape index (κ3) is 3.58. The Balaban J connectivity index is 2.55. The third-order valence-electron chi connectivity index (χ3n) is 2.65. The van der Waals surface area contributed by atoms with E-state index in [1.165, 1.54) is 6.20 Å². The van der Waals surface area contributed by atoms with Gasteiger partial charge in [0, 0.05) is 25.2 Å². The molecule has 1 heterocycles. The fraction of sp³-hybridized carbons (Fsp3) is 0.545. The Morgan fingerprint density at radius 1 is 1.59 bits per heavy atom. The molecule has 6 nitrogen and oxygen atoms in total. The van der Waals surface area contributed by atoms with E-state index in [9.17, 15) is 9.59 Å². The van der Waals surface area contributed by atoms with Crippen LogP contribution in [0.15, 0.2) is 6.20 Å². The van der Waals surface area contributed by atoms with Gasteiger partial charge in [0.15, 0.2) is 0 Å². The number of carboxylic acids is 1. The largest absolute Gasteiger partial charge is 0.481 e. The lowest BCUT2D eigenvalue weighted by molar-refractivity contribution is -0.137. The highest BCUT2D eigenvalue weighted by molar-refractivity contribution is 5.95. The molecule has 0 fully saturated rings. The Labute approximate surface area is 99.6 Å². The molecule has 1 amide bonds. The minimum Gasteiger partial charge on any atom is -0.481 e. The van der Waals surface area contributed by atoms with Crippen molar-refractivity contribution in [2.75, 3.05) is 0 Å². The monoisotopic (exact) mass is 239 g/mol. The van der Waals surface area contributed by atoms with E-state index >= 15 is 0 Å². The van der Waals surface area contributed by atoms with Gasteiger partial charge in [0.25, 0.3) is 5.91 Å². The summed E-state index contributed by atoms with van der Waals surface area (Å²) in [6, 6.07) is -0.168. The normalized spacial score (nSPS) is 12.2. The van der Waals surface area contributed by atoms with Crippen LogP contribution in [-0.2, 0) is 11.8 Å². The van der Waals surface area contributed by atoms with Crippen molar-refractivity contribution < 1.29 is 14.7 Å². The van der Waals surface area contributed by atoms with Crippen molar-refractivity contribution in [2.45, 2.75) is 32.7 Å². The van der Waals surface area contributed by atoms with Crippen molar-refractivity contribution in [3.05, 3.63) is 17.5 Å². The van der Waals surface area contributed by atoms with Gasteiger partial charge in [0.05, 0.1) is 11.8 Å². The molecule has 1 rings (SSSR count). The fourth-order valence-electron chi connectivity index (χ4n) is 1.44. The number of aliphatic carboxylic acids is 1. The summed E-state index contributed by atoms with van der Waals surface area (Å²) in [6.45, 7) is 3.59. The molecule has 0 aliphatic rings. The Hall–Kier alpha value is -1.85. The Morgan fingerprint density at radius 2 is 2.24 bits per heavy atom. The lowest BCUT2D eigenvalue weighted by Gasteiger charge is -2.12. The molecule has 0 radical (unpaired) electrons. The van der Waals surface area contributed by atoms with E-state index in [4.69, 9.17) is 5.11 Å². The molecule has 1 aromatic heterocycles. The second-order valence-corrected chi connectivity index (χ2v) is 4.07. The fourth-order valence-corrected chi connectivity index (χ4v) is 1.44. The third-order valence-corrected chi connectivity index (χ3v) is 2.65. The molecule has 6 heteroatoms. The lowest BCUT2D eigenvalue weighted by atomic mass is 10.1. The summed E-state index contributed by atoms with van der Waals surface area (Å²) in [6.07, 6.45) is 1.97. The van der Waals surface area contributed by atoms with Crippen LogP contribution in [0.5, 0.6) is 0 Å². The highest BCUT2D eigenvalue weighted by atomic mass is 16.4. The molecule has 0 saturated heterocycles. The number of aryl methyl sites for hydroxylation is 1. The number of hydrogen-bond acceptors (Lipinski definition) is 3. The quantitative estimate of drug-likeness (QED) is 0.792. The van der Waals surface area contributed by atoms with Crippen LogP contribution in [-0.4, -0.2) is 32.8 Å². The average molecular weight is 239 g/mol. The van der Waals surface area contributed by atoms with Crippen LogP contribution >= 0.6 is 0 Å². The van der Waals surface area contributed by atoms with Gasteiger partial charge in [-0.05, 0) is 20.3 Å². The molecule has 0 aliphatic heterocycles. The van der Waals surface area contributed by atoms with Crippen LogP contribution in [0.4, 0.5) is 0 Å². The maximum absolute atomic E-state index is 11.8. The maximum Gasteiger partial charge on any atom is 0.303 e. The molecule has 0 aromatic carbocycles. The minimum atomic E-state index is -0.858. The number of hydrogen-bond donors (Lipinski definition) is 2. The number of aromatic nitrogens is 2. The van der Waals surface area contributed by atoms with Crippen molar-refractivity contribution in [3.8, 4) is 0 Å². The summed E-state index contributed by atoms with van der Waals surface area (Å²) in [4.78, 5) is 22.2. The molecule has 2 N–H and O–H groups in total. The average Bonchev–Trinajstić information content (AvgIpc) is 2.57. The van der Waals surface area contributed by atoms with Gasteiger partial charge in [-0.3, -0.25) is 14.3 Å². The van der Waals surface area contributed by atoms with Gasteiger partial charge < -0.3 is 10.4 Å². The number of rotatable bonds is 5. The van der Waals surface area contributed by atoms with Gasteiger partial charge in [-0.2, -0.15) is 5.10 Å². The standard InChI is InChI=1S/C11H17N3O3/c1-7(4-5-10(15)16)13-11(17)9-6-12-14(3)8(9)2/h6-7H,4-5H2,1-3H3,(H,13,17)(H,15,16). The van der Waals surface area contributed by atoms with E-state index < -0.39 is 5.97 Å². The van der Waals surface area contributed by atoms with E-state index in [1.807, 2.05) is 6.92 Å². The molecular formula is C11H17N3O3. The molecule has 1 aromatic rings. The zero-order chi connectivity index (χ0) is 13.0. The van der Waals surface area contributed by atoms with Crippen LogP contribution in [0.1, 0.15) is 35.8 Å². The molecule has 0 aliphatic carbocycles. The first-order valence-corrected chi connectivity index (χ1v) is 5.43. The second-order valence-electron chi connectivity index (χ2n) is 4.07. The first-order valence-electron chi connectivity index (χ1n) is 5.43. The SMILES string of the molecule is Cc1c(C(=O)NC(C)CCC(=O)O)cnn1C. The van der Waals surface area contributed by atoms with Crippen molar-refractivity contribution in [3.63, 3.8) is 0 Å². The molecule has 0 spiro atoms. The summed E-state index contributed by atoms with van der Waals surface area (Å²) in [5.74, 6) is -1.07. The Bertz CT molecular complexity index is 426. The highest BCUT2D eigenvalue weighted by Crippen LogP contribution is 2.06. The minimum absolute atomic E-state index is 0.0491. The first-order chi connectivity index (χ1) is 7.91. The topological polar surface area (TPSA) is 84.2 Å². The number of amides is 1. The van der Waals surface area contributed by atoms with Crippen molar-refractivity contribution in [1.82, 2.24) is 15.1 Å². The van der Waals surface area contributed by atoms with Gasteiger partial charge in [-0.25, -0.2) is 0 Å². The predicted octanol–water partition coefficient (Wildman–Crippen LogP) is 0.712. The summed E-state index contributed by atoms with van der Waals surface area (Å²) in [5, 5.41) is 15.3. The van der Waals surface area contributed by atoms with E-state index in [0.29, 0.717) is 12.0 Å². The van der Waals surface area contributed by atoms with E-state index in [2.05, 4.69) is 10.4 Å². The summed E-state index contributed by atoms with van der Waals surface area (Å²) in [7, 11) is 1.76. The molecule has 0 bridgehead atoms. The molecular weight excluding hydrogens is 222 g/mol. The van der Waals surface area contributed by atoms with Crippen molar-refractivity contribution in [1.29, 1.82) is 0 Å². The molecule has 1 atom stereocenters. The van der Waals surface area contributed by atoms with Crippen LogP contribution in [0.2, 0.25) is 0 Å². The lowest BCUT2D eigenvalue weighted by Crippen LogP contribution is -2.33. The number of carbonyl (C=O) groups excluding carboxylic acids is 1. The molecule has 0 saturated carbocycles. The Kier molecular flexibility index (Phi) is 4.25. The van der Waals surface area contributed by atoms with E-state index in [0.717, 1.165) is 5.69 Å². The first kappa shape index (κ1) is 13.2. The van der Waals surface area contributed by atoms with Crippen LogP contribution < -0.4 is 5.32 Å². The number of nitrogens with one attached hydrogen (secondary N) is 1. The van der Waals surface area contributed by atoms with Crippen LogP contribution in [0.25, 0.3) is 0 Å². The molecule has 1 unspecified atom stereocenters. The number of nitrogens with zero attached hydrogens (tertiary/aromatic N) is 2. The molecule has 17 heavy (non-hydrogen) atoms. The molecule has 94 valence electrons. The van der Waals surface area contributed by atoms with Crippen molar-refractivity contribution in [2.24, 2.45) is 7.05 Å². The smallest absolute Gasteiger partial charge is 0.303 e. The van der Waals surface area contributed by atoms with Gasteiger partial charge >= 0.3 is 5.97 Å². The zero-order valence-electron chi connectivity index (χ0n) is 10.2. The number of carbonyl (C=O) groups is 2. The summed E-state index contributed by atoms with van der Waals surface area (Å²) >= 11 is 0. The van der Waals surface area contributed by atoms with Crippen LogP contribution in [0, 0.1) is 6.92 Å². The Morgan fingerprint density at radius 3 is 2.71 bits per heavy atom. The van der Waals surface area contributed by atoms with Gasteiger partial charge in [0.2, 0.25) is 0 Å². The predicted molar refractivity (Wildman–Crippen MR) is 61.7 cm³/mol. The second kappa shape index (κ2) is 5.47. The van der Waals surface area contributed by atoms with E-state index in [1.54, 1.807) is 18.7 Å². The van der Waals surface area contributed by atoms with Crippen LogP contribution in [0.3, 0.4) is 0 Å². The van der Waals surface area contributed by atoms with E-state index in [-0.39, 0.29) is 18.4 Å². The van der Waals surface area contributed by atoms with Crippen molar-refractivity contribution >= 4 is 11.9 Å². The maximum atomic E-state index is 11.8. The highest BCUT2D eigenvalue weighted by Gasteiger charge is 2.15. The summed E-state index contributed by atoms with van der Waals surface area (Å²) < 4.78 is 1.62. The van der Waals surface area contributed by atoms with Gasteiger partial charge in [-0.15, -0.1) is 0 Å². The van der Waals surface area contributed by atoms with Gasteiger partial charge in [-0.1, -0.05) is 0 Å².